The number of rotatable bonds is 7. The normalized spacial score (nSPS) is 15.8. The molecule has 1 aliphatic heterocycles. The largest absolute Gasteiger partial charge is 0.480 e. The second-order valence-electron chi connectivity index (χ2n) is 7.89. The Morgan fingerprint density at radius 3 is 2.41 bits per heavy atom. The van der Waals surface area contributed by atoms with Crippen molar-refractivity contribution in [3.8, 4) is 5.75 Å². The lowest BCUT2D eigenvalue weighted by Crippen LogP contribution is -2.44. The third kappa shape index (κ3) is 5.51. The number of anilines is 1. The van der Waals surface area contributed by atoms with Crippen molar-refractivity contribution in [2.75, 3.05) is 38.1 Å². The molecule has 1 heterocycles. The number of nitrogens with one attached hydrogen (secondary N) is 1. The number of amides is 1. The highest BCUT2D eigenvalue weighted by Crippen LogP contribution is 2.22. The minimum absolute atomic E-state index is 0.0726. The SMILES string of the molecule is CC[C@H](Oc1cccc(C)c1C)C(=O)NCc1ccc(N2CCN(C)CC2)cc1. The van der Waals surface area contributed by atoms with Crippen LogP contribution in [0, 0.1) is 13.8 Å². The maximum absolute atomic E-state index is 12.6. The molecular formula is C24H33N3O2. The van der Waals surface area contributed by atoms with E-state index in [1.165, 1.54) is 11.3 Å². The van der Waals surface area contributed by atoms with Crippen LogP contribution in [-0.4, -0.2) is 50.1 Å². The Morgan fingerprint density at radius 2 is 1.76 bits per heavy atom. The van der Waals surface area contributed by atoms with E-state index in [1.54, 1.807) is 0 Å². The maximum atomic E-state index is 12.6. The number of likely N-dealkylation sites (N-methyl/N-ethyl adjacent to an activating group) is 1. The van der Waals surface area contributed by atoms with Gasteiger partial charge in [-0.3, -0.25) is 4.79 Å². The fourth-order valence-electron chi connectivity index (χ4n) is 3.52. The number of hydrogen-bond donors (Lipinski definition) is 1. The molecule has 5 nitrogen and oxygen atoms in total. The Labute approximate surface area is 174 Å². The highest BCUT2D eigenvalue weighted by molar-refractivity contribution is 5.81. The van der Waals surface area contributed by atoms with Gasteiger partial charge in [-0.05, 0) is 62.2 Å². The molecule has 0 unspecified atom stereocenters. The zero-order valence-electron chi connectivity index (χ0n) is 18.1. The highest BCUT2D eigenvalue weighted by atomic mass is 16.5. The summed E-state index contributed by atoms with van der Waals surface area (Å²) in [5.41, 5.74) is 4.59. The molecule has 0 bridgehead atoms. The van der Waals surface area contributed by atoms with Crippen molar-refractivity contribution in [3.63, 3.8) is 0 Å². The molecule has 0 aromatic heterocycles. The summed E-state index contributed by atoms with van der Waals surface area (Å²) in [6.45, 7) is 10.9. The average molecular weight is 396 g/mol. The molecule has 1 fully saturated rings. The monoisotopic (exact) mass is 395 g/mol. The molecule has 2 aromatic rings. The first-order valence-electron chi connectivity index (χ1n) is 10.5. The summed E-state index contributed by atoms with van der Waals surface area (Å²) in [7, 11) is 2.16. The quantitative estimate of drug-likeness (QED) is 0.779. The second-order valence-corrected chi connectivity index (χ2v) is 7.89. The van der Waals surface area contributed by atoms with E-state index in [-0.39, 0.29) is 5.91 Å². The highest BCUT2D eigenvalue weighted by Gasteiger charge is 2.19. The lowest BCUT2D eigenvalue weighted by molar-refractivity contribution is -0.128. The molecule has 1 aliphatic rings. The molecule has 1 atom stereocenters. The number of benzene rings is 2. The summed E-state index contributed by atoms with van der Waals surface area (Å²) >= 11 is 0. The first-order valence-corrected chi connectivity index (χ1v) is 10.5. The first-order chi connectivity index (χ1) is 14.0. The summed E-state index contributed by atoms with van der Waals surface area (Å²) in [6, 6.07) is 14.4. The van der Waals surface area contributed by atoms with Crippen molar-refractivity contribution in [1.82, 2.24) is 10.2 Å². The molecule has 0 aliphatic carbocycles. The molecule has 1 N–H and O–H groups in total. The van der Waals surface area contributed by atoms with E-state index in [0.29, 0.717) is 13.0 Å². The van der Waals surface area contributed by atoms with Crippen molar-refractivity contribution in [2.24, 2.45) is 0 Å². The number of hydrogen-bond acceptors (Lipinski definition) is 4. The molecule has 0 spiro atoms. The molecule has 2 aromatic carbocycles. The van der Waals surface area contributed by atoms with Crippen LogP contribution in [0.4, 0.5) is 5.69 Å². The van der Waals surface area contributed by atoms with Crippen LogP contribution in [-0.2, 0) is 11.3 Å². The van der Waals surface area contributed by atoms with Gasteiger partial charge in [-0.1, -0.05) is 31.2 Å². The number of piperazine rings is 1. The summed E-state index contributed by atoms with van der Waals surface area (Å²) in [4.78, 5) is 17.4. The zero-order chi connectivity index (χ0) is 20.8. The fraction of sp³-hybridized carbons (Fsp3) is 0.458. The second kappa shape index (κ2) is 9.79. The lowest BCUT2D eigenvalue weighted by atomic mass is 10.1. The predicted molar refractivity (Wildman–Crippen MR) is 119 cm³/mol. The van der Waals surface area contributed by atoms with E-state index >= 15 is 0 Å². The van der Waals surface area contributed by atoms with Gasteiger partial charge in [-0.25, -0.2) is 0 Å². The predicted octanol–water partition coefficient (Wildman–Crippen LogP) is 3.53. The van der Waals surface area contributed by atoms with Gasteiger partial charge >= 0.3 is 0 Å². The van der Waals surface area contributed by atoms with Crippen molar-refractivity contribution < 1.29 is 9.53 Å². The van der Waals surface area contributed by atoms with Crippen LogP contribution >= 0.6 is 0 Å². The number of carbonyl (C=O) groups excluding carboxylic acids is 1. The molecule has 1 amide bonds. The van der Waals surface area contributed by atoms with E-state index in [9.17, 15) is 4.79 Å². The summed E-state index contributed by atoms with van der Waals surface area (Å²) < 4.78 is 6.01. The zero-order valence-corrected chi connectivity index (χ0v) is 18.1. The molecule has 29 heavy (non-hydrogen) atoms. The molecular weight excluding hydrogens is 362 g/mol. The van der Waals surface area contributed by atoms with Crippen LogP contribution in [0.25, 0.3) is 0 Å². The van der Waals surface area contributed by atoms with Crippen molar-refractivity contribution in [3.05, 3.63) is 59.2 Å². The molecule has 0 saturated carbocycles. The van der Waals surface area contributed by atoms with Gasteiger partial charge in [0.2, 0.25) is 0 Å². The van der Waals surface area contributed by atoms with Crippen LogP contribution in [0.3, 0.4) is 0 Å². The van der Waals surface area contributed by atoms with Gasteiger partial charge in [0, 0.05) is 38.4 Å². The maximum Gasteiger partial charge on any atom is 0.261 e. The minimum atomic E-state index is -0.486. The Kier molecular flexibility index (Phi) is 7.15. The number of aryl methyl sites for hydroxylation is 1. The summed E-state index contributed by atoms with van der Waals surface area (Å²) in [5.74, 6) is 0.708. The Balaban J connectivity index is 1.54. The number of nitrogens with zero attached hydrogens (tertiary/aromatic N) is 2. The standard InChI is InChI=1S/C24H33N3O2/c1-5-22(29-23-8-6-7-18(2)19(23)3)24(28)25-17-20-9-11-21(12-10-20)27-15-13-26(4)14-16-27/h6-12,22H,5,13-17H2,1-4H3,(H,25,28)/t22-/m0/s1. The molecule has 5 heteroatoms. The first kappa shape index (κ1) is 21.2. The lowest BCUT2D eigenvalue weighted by Gasteiger charge is -2.34. The van der Waals surface area contributed by atoms with E-state index in [0.717, 1.165) is 43.1 Å². The van der Waals surface area contributed by atoms with Gasteiger partial charge in [0.1, 0.15) is 5.75 Å². The van der Waals surface area contributed by atoms with Crippen molar-refractivity contribution in [1.29, 1.82) is 0 Å². The van der Waals surface area contributed by atoms with E-state index in [1.807, 2.05) is 26.0 Å². The smallest absolute Gasteiger partial charge is 0.261 e. The van der Waals surface area contributed by atoms with Crippen LogP contribution in [0.2, 0.25) is 0 Å². The molecule has 3 rings (SSSR count). The topological polar surface area (TPSA) is 44.8 Å². The van der Waals surface area contributed by atoms with Gasteiger partial charge in [-0.2, -0.15) is 0 Å². The molecule has 0 radical (unpaired) electrons. The van der Waals surface area contributed by atoms with Gasteiger partial charge < -0.3 is 19.9 Å². The molecule has 156 valence electrons. The van der Waals surface area contributed by atoms with Gasteiger partial charge in [0.15, 0.2) is 6.10 Å². The minimum Gasteiger partial charge on any atom is -0.480 e. The van der Waals surface area contributed by atoms with Crippen molar-refractivity contribution >= 4 is 11.6 Å². The third-order valence-corrected chi connectivity index (χ3v) is 5.76. The summed E-state index contributed by atoms with van der Waals surface area (Å²) in [6.07, 6.45) is 0.141. The van der Waals surface area contributed by atoms with E-state index < -0.39 is 6.10 Å². The Bertz CT molecular complexity index is 811. The Hall–Kier alpha value is -2.53. The van der Waals surface area contributed by atoms with Crippen LogP contribution in [0.15, 0.2) is 42.5 Å². The van der Waals surface area contributed by atoms with Gasteiger partial charge in [-0.15, -0.1) is 0 Å². The average Bonchev–Trinajstić information content (AvgIpc) is 2.74. The fourth-order valence-corrected chi connectivity index (χ4v) is 3.52. The summed E-state index contributed by atoms with van der Waals surface area (Å²) in [5, 5.41) is 3.02. The van der Waals surface area contributed by atoms with Crippen LogP contribution < -0.4 is 15.0 Å². The van der Waals surface area contributed by atoms with Crippen molar-refractivity contribution in [2.45, 2.75) is 39.8 Å². The Morgan fingerprint density at radius 1 is 1.07 bits per heavy atom. The van der Waals surface area contributed by atoms with Crippen LogP contribution in [0.5, 0.6) is 5.75 Å². The third-order valence-electron chi connectivity index (χ3n) is 5.76. The van der Waals surface area contributed by atoms with Gasteiger partial charge in [0.05, 0.1) is 0 Å². The van der Waals surface area contributed by atoms with Crippen LogP contribution in [0.1, 0.15) is 30.0 Å². The number of carbonyl (C=O) groups is 1. The van der Waals surface area contributed by atoms with Gasteiger partial charge in [0.25, 0.3) is 5.91 Å². The van der Waals surface area contributed by atoms with E-state index in [2.05, 4.69) is 59.4 Å². The van der Waals surface area contributed by atoms with E-state index in [4.69, 9.17) is 4.74 Å². The number of ether oxygens (including phenoxy) is 1. The molecule has 1 saturated heterocycles.